The van der Waals surface area contributed by atoms with Crippen LogP contribution in [0.2, 0.25) is 0 Å². The van der Waals surface area contributed by atoms with E-state index in [1.807, 2.05) is 56.3 Å². The summed E-state index contributed by atoms with van der Waals surface area (Å²) in [5, 5.41) is 9.47. The van der Waals surface area contributed by atoms with Crippen LogP contribution in [0.5, 0.6) is 0 Å². The largest absolute Gasteiger partial charge is 0.374 e. The number of hydrogen-bond donors (Lipinski definition) is 2. The number of rotatable bonds is 7. The van der Waals surface area contributed by atoms with Gasteiger partial charge in [-0.3, -0.25) is 4.79 Å². The van der Waals surface area contributed by atoms with Crippen LogP contribution < -0.4 is 10.6 Å². The average Bonchev–Trinajstić information content (AvgIpc) is 3.14. The molecule has 28 heavy (non-hydrogen) atoms. The Bertz CT molecular complexity index is 933. The number of aromatic nitrogens is 1. The monoisotopic (exact) mass is 393 g/mol. The third kappa shape index (κ3) is 4.78. The summed E-state index contributed by atoms with van der Waals surface area (Å²) in [5.41, 5.74) is 5.04. The van der Waals surface area contributed by atoms with Gasteiger partial charge in [0.1, 0.15) is 6.04 Å². The highest BCUT2D eigenvalue weighted by molar-refractivity contribution is 7.09. The molecular weight excluding hydrogens is 366 g/mol. The number of thiazole rings is 1. The minimum absolute atomic E-state index is 0.0463. The average molecular weight is 394 g/mol. The Labute approximate surface area is 171 Å². The third-order valence-electron chi connectivity index (χ3n) is 4.94. The molecule has 146 valence electrons. The van der Waals surface area contributed by atoms with Crippen molar-refractivity contribution in [3.8, 4) is 11.3 Å². The zero-order chi connectivity index (χ0) is 20.1. The summed E-state index contributed by atoms with van der Waals surface area (Å²) < 4.78 is 0. The van der Waals surface area contributed by atoms with E-state index in [0.717, 1.165) is 34.1 Å². The van der Waals surface area contributed by atoms with E-state index >= 15 is 0 Å². The second kappa shape index (κ2) is 9.02. The van der Waals surface area contributed by atoms with Crippen LogP contribution in [0.4, 0.5) is 11.4 Å². The van der Waals surface area contributed by atoms with Crippen LogP contribution in [0.15, 0.2) is 53.9 Å². The lowest BCUT2D eigenvalue weighted by molar-refractivity contribution is -0.116. The summed E-state index contributed by atoms with van der Waals surface area (Å²) in [4.78, 5) is 17.2. The molecule has 0 bridgehead atoms. The lowest BCUT2D eigenvalue weighted by Gasteiger charge is -2.19. The van der Waals surface area contributed by atoms with Gasteiger partial charge in [-0.1, -0.05) is 44.2 Å². The van der Waals surface area contributed by atoms with E-state index < -0.39 is 0 Å². The van der Waals surface area contributed by atoms with Gasteiger partial charge in [-0.05, 0) is 49.9 Å². The van der Waals surface area contributed by atoms with E-state index in [0.29, 0.717) is 5.92 Å². The van der Waals surface area contributed by atoms with Crippen LogP contribution in [0, 0.1) is 6.92 Å². The highest BCUT2D eigenvalue weighted by atomic mass is 32.1. The highest BCUT2D eigenvalue weighted by Crippen LogP contribution is 2.27. The molecule has 0 radical (unpaired) electrons. The first-order valence-corrected chi connectivity index (χ1v) is 10.5. The quantitative estimate of drug-likeness (QED) is 0.512. The zero-order valence-corrected chi connectivity index (χ0v) is 17.6. The number of carbonyl (C=O) groups is 1. The van der Waals surface area contributed by atoms with Crippen molar-refractivity contribution in [1.82, 2.24) is 4.98 Å². The molecule has 4 nitrogen and oxygen atoms in total. The molecule has 1 heterocycles. The van der Waals surface area contributed by atoms with Crippen molar-refractivity contribution in [2.45, 2.75) is 46.1 Å². The molecule has 0 aliphatic carbocycles. The Balaban J connectivity index is 1.65. The van der Waals surface area contributed by atoms with Gasteiger partial charge in [-0.15, -0.1) is 11.3 Å². The summed E-state index contributed by atoms with van der Waals surface area (Å²) in [6.07, 6.45) is 1.03. The van der Waals surface area contributed by atoms with E-state index in [2.05, 4.69) is 40.9 Å². The lowest BCUT2D eigenvalue weighted by Crippen LogP contribution is -2.32. The second-order valence-electron chi connectivity index (χ2n) is 7.08. The highest BCUT2D eigenvalue weighted by Gasteiger charge is 2.16. The first-order valence-electron chi connectivity index (χ1n) is 9.66. The number of benzene rings is 2. The Morgan fingerprint density at radius 3 is 2.46 bits per heavy atom. The number of hydrogen-bond acceptors (Lipinski definition) is 4. The minimum Gasteiger partial charge on any atom is -0.374 e. The number of nitrogens with zero attached hydrogens (tertiary/aromatic N) is 1. The Hall–Kier alpha value is -2.66. The summed E-state index contributed by atoms with van der Waals surface area (Å²) in [5.74, 6) is 0.358. The van der Waals surface area contributed by atoms with Gasteiger partial charge in [0.05, 0.1) is 10.7 Å². The fourth-order valence-corrected chi connectivity index (χ4v) is 3.67. The van der Waals surface area contributed by atoms with Gasteiger partial charge in [0.25, 0.3) is 0 Å². The van der Waals surface area contributed by atoms with Crippen LogP contribution in [0.1, 0.15) is 43.7 Å². The Kier molecular flexibility index (Phi) is 6.47. The number of carbonyl (C=O) groups excluding carboxylic acids is 1. The van der Waals surface area contributed by atoms with Crippen LogP contribution in [-0.4, -0.2) is 16.9 Å². The van der Waals surface area contributed by atoms with Gasteiger partial charge in [0.2, 0.25) is 5.91 Å². The minimum atomic E-state index is -0.350. The number of nitrogens with one attached hydrogen (secondary N) is 2. The molecule has 3 rings (SSSR count). The van der Waals surface area contributed by atoms with Crippen molar-refractivity contribution >= 4 is 28.6 Å². The molecule has 3 aromatic rings. The smallest absolute Gasteiger partial charge is 0.246 e. The van der Waals surface area contributed by atoms with Crippen molar-refractivity contribution in [2.24, 2.45) is 0 Å². The number of amides is 1. The van der Waals surface area contributed by atoms with Gasteiger partial charge < -0.3 is 10.6 Å². The van der Waals surface area contributed by atoms with E-state index in [9.17, 15) is 4.79 Å². The molecule has 0 aliphatic rings. The number of anilines is 2. The van der Waals surface area contributed by atoms with Crippen LogP contribution >= 0.6 is 11.3 Å². The Morgan fingerprint density at radius 1 is 1.11 bits per heavy atom. The fraction of sp³-hybridized carbons (Fsp3) is 0.304. The van der Waals surface area contributed by atoms with Gasteiger partial charge in [0.15, 0.2) is 0 Å². The van der Waals surface area contributed by atoms with Gasteiger partial charge in [-0.2, -0.15) is 0 Å². The second-order valence-corrected chi connectivity index (χ2v) is 8.14. The molecule has 1 amide bonds. The molecule has 0 aliphatic heterocycles. The molecule has 0 saturated heterocycles. The molecule has 0 unspecified atom stereocenters. The maximum absolute atomic E-state index is 12.7. The van der Waals surface area contributed by atoms with Gasteiger partial charge in [0, 0.05) is 22.3 Å². The normalized spacial score (nSPS) is 13.0. The van der Waals surface area contributed by atoms with Crippen molar-refractivity contribution in [2.75, 3.05) is 10.6 Å². The molecule has 5 heteroatoms. The molecule has 0 spiro atoms. The van der Waals surface area contributed by atoms with Crippen molar-refractivity contribution in [3.63, 3.8) is 0 Å². The summed E-state index contributed by atoms with van der Waals surface area (Å²) in [6.45, 7) is 8.21. The Morgan fingerprint density at radius 2 is 1.82 bits per heavy atom. The predicted molar refractivity (Wildman–Crippen MR) is 119 cm³/mol. The van der Waals surface area contributed by atoms with Crippen LogP contribution in [-0.2, 0) is 4.79 Å². The predicted octanol–water partition coefficient (Wildman–Crippen LogP) is 6.07. The number of aryl methyl sites for hydroxylation is 1. The first kappa shape index (κ1) is 20.1. The molecule has 0 saturated carbocycles. The van der Waals surface area contributed by atoms with Crippen LogP contribution in [0.3, 0.4) is 0 Å². The number of para-hydroxylation sites is 1. The fourth-order valence-electron chi connectivity index (χ4n) is 3.05. The summed E-state index contributed by atoms with van der Waals surface area (Å²) in [7, 11) is 0. The molecular formula is C23H27N3OS. The molecule has 0 fully saturated rings. The van der Waals surface area contributed by atoms with Gasteiger partial charge >= 0.3 is 0 Å². The molecule has 1 aromatic heterocycles. The van der Waals surface area contributed by atoms with Gasteiger partial charge in [-0.25, -0.2) is 4.98 Å². The SMILES string of the molecule is CC[C@H](C)c1ccccc1NC(=O)[C@H](C)Nc1ccc(-c2csc(C)n2)cc1. The third-order valence-corrected chi connectivity index (χ3v) is 5.71. The van der Waals surface area contributed by atoms with Crippen LogP contribution in [0.25, 0.3) is 11.3 Å². The summed E-state index contributed by atoms with van der Waals surface area (Å²) in [6, 6.07) is 15.7. The van der Waals surface area contributed by atoms with Crippen molar-refractivity contribution in [1.29, 1.82) is 0 Å². The standard InChI is InChI=1S/C23H27N3OS/c1-5-15(2)20-8-6-7-9-21(20)26-23(27)16(3)24-19-12-10-18(11-13-19)22-14-28-17(4)25-22/h6-16,24H,5H2,1-4H3,(H,26,27)/t15-,16-/m0/s1. The molecule has 2 N–H and O–H groups in total. The van der Waals surface area contributed by atoms with E-state index in [4.69, 9.17) is 0 Å². The van der Waals surface area contributed by atoms with E-state index in [1.165, 1.54) is 5.56 Å². The first-order chi connectivity index (χ1) is 13.5. The van der Waals surface area contributed by atoms with Crippen molar-refractivity contribution in [3.05, 3.63) is 64.5 Å². The maximum Gasteiger partial charge on any atom is 0.246 e. The molecule has 2 aromatic carbocycles. The zero-order valence-electron chi connectivity index (χ0n) is 16.8. The molecule has 2 atom stereocenters. The topological polar surface area (TPSA) is 54.0 Å². The summed E-state index contributed by atoms with van der Waals surface area (Å²) >= 11 is 1.64. The van der Waals surface area contributed by atoms with E-state index in [-0.39, 0.29) is 11.9 Å². The maximum atomic E-state index is 12.7. The lowest BCUT2D eigenvalue weighted by atomic mass is 9.97. The van der Waals surface area contributed by atoms with E-state index in [1.54, 1.807) is 11.3 Å². The van der Waals surface area contributed by atoms with Crippen molar-refractivity contribution < 1.29 is 4.79 Å².